The van der Waals surface area contributed by atoms with Crippen molar-refractivity contribution < 1.29 is 24.5 Å². The van der Waals surface area contributed by atoms with Crippen LogP contribution < -0.4 is 10.1 Å². The highest BCUT2D eigenvalue weighted by Gasteiger charge is 2.50. The summed E-state index contributed by atoms with van der Waals surface area (Å²) in [5.74, 6) is -0.409. The molecular formula is C30H36Cl2N2O5. The van der Waals surface area contributed by atoms with E-state index >= 15 is 0 Å². The van der Waals surface area contributed by atoms with Gasteiger partial charge >= 0.3 is 0 Å². The van der Waals surface area contributed by atoms with Crippen LogP contribution in [0.3, 0.4) is 0 Å². The van der Waals surface area contributed by atoms with Gasteiger partial charge in [-0.2, -0.15) is 0 Å². The topological polar surface area (TPSA) is 99.1 Å². The Hall–Kier alpha value is -2.58. The maximum atomic E-state index is 13.7. The summed E-state index contributed by atoms with van der Waals surface area (Å²) in [6.07, 6.45) is 5.11. The number of aliphatic hydroxyl groups is 2. The Bertz CT molecular complexity index is 1200. The molecule has 9 heteroatoms. The van der Waals surface area contributed by atoms with Gasteiger partial charge < -0.3 is 25.2 Å². The Morgan fingerprint density at radius 3 is 2.59 bits per heavy atom. The molecule has 0 aromatic heterocycles. The molecule has 0 saturated carbocycles. The van der Waals surface area contributed by atoms with Crippen molar-refractivity contribution in [3.8, 4) is 5.75 Å². The molecule has 39 heavy (non-hydrogen) atoms. The largest absolute Gasteiger partial charge is 0.486 e. The second kappa shape index (κ2) is 13.7. The van der Waals surface area contributed by atoms with E-state index in [0.29, 0.717) is 33.4 Å². The number of aliphatic hydroxyl groups excluding tert-OH is 2. The van der Waals surface area contributed by atoms with Crippen LogP contribution in [0.15, 0.2) is 54.1 Å². The molecule has 0 bridgehead atoms. The lowest BCUT2D eigenvalue weighted by Gasteiger charge is -2.41. The highest BCUT2D eigenvalue weighted by atomic mass is 35.5. The Kier molecular flexibility index (Phi) is 10.3. The summed E-state index contributed by atoms with van der Waals surface area (Å²) in [5.41, 5.74) is 1.89. The van der Waals surface area contributed by atoms with Gasteiger partial charge in [-0.25, -0.2) is 0 Å². The third-order valence-corrected chi connectivity index (χ3v) is 7.99. The monoisotopic (exact) mass is 574 g/mol. The van der Waals surface area contributed by atoms with Crippen molar-refractivity contribution in [3.63, 3.8) is 0 Å². The number of para-hydroxylation sites is 1. The molecule has 210 valence electrons. The van der Waals surface area contributed by atoms with Crippen molar-refractivity contribution >= 4 is 35.0 Å². The van der Waals surface area contributed by atoms with E-state index in [4.69, 9.17) is 27.9 Å². The van der Waals surface area contributed by atoms with Gasteiger partial charge in [0.1, 0.15) is 18.0 Å². The first-order chi connectivity index (χ1) is 18.8. The SMILES string of the molecule is CCCCCCCC(=O)N(Cc1ccc(Cl)cc1Cl)C1C=C(C(=O)NCCO)C2c3ccccc3OC2C1O. The van der Waals surface area contributed by atoms with Gasteiger partial charge in [0.25, 0.3) is 0 Å². The highest BCUT2D eigenvalue weighted by Crippen LogP contribution is 2.47. The Morgan fingerprint density at radius 1 is 1.08 bits per heavy atom. The first-order valence-corrected chi connectivity index (χ1v) is 14.4. The predicted molar refractivity (Wildman–Crippen MR) is 152 cm³/mol. The number of ether oxygens (including phenoxy) is 1. The van der Waals surface area contributed by atoms with E-state index in [-0.39, 0.29) is 31.5 Å². The fourth-order valence-corrected chi connectivity index (χ4v) is 5.88. The zero-order chi connectivity index (χ0) is 27.9. The maximum Gasteiger partial charge on any atom is 0.247 e. The number of carbonyl (C=O) groups is 2. The van der Waals surface area contributed by atoms with Crippen LogP contribution in [0.4, 0.5) is 0 Å². The third-order valence-electron chi connectivity index (χ3n) is 7.41. The zero-order valence-electron chi connectivity index (χ0n) is 22.1. The molecule has 1 aliphatic heterocycles. The van der Waals surface area contributed by atoms with Crippen LogP contribution in [0, 0.1) is 0 Å². The number of nitrogens with one attached hydrogen (secondary N) is 1. The molecule has 1 aliphatic carbocycles. The Labute approximate surface area is 239 Å². The van der Waals surface area contributed by atoms with Gasteiger partial charge in [-0.1, -0.05) is 80.1 Å². The molecule has 2 amide bonds. The van der Waals surface area contributed by atoms with E-state index in [1.165, 1.54) is 0 Å². The van der Waals surface area contributed by atoms with Crippen molar-refractivity contribution in [2.24, 2.45) is 0 Å². The molecule has 0 fully saturated rings. The summed E-state index contributed by atoms with van der Waals surface area (Å²) in [5, 5.41) is 24.6. The molecule has 1 heterocycles. The fourth-order valence-electron chi connectivity index (χ4n) is 5.41. The summed E-state index contributed by atoms with van der Waals surface area (Å²) in [6, 6.07) is 11.7. The lowest BCUT2D eigenvalue weighted by atomic mass is 9.77. The number of rotatable bonds is 12. The number of halogens is 2. The van der Waals surface area contributed by atoms with Gasteiger partial charge in [0.05, 0.1) is 18.6 Å². The number of hydrogen-bond donors (Lipinski definition) is 3. The second-order valence-corrected chi connectivity index (χ2v) is 10.9. The lowest BCUT2D eigenvalue weighted by molar-refractivity contribution is -0.138. The average molecular weight is 576 g/mol. The van der Waals surface area contributed by atoms with E-state index in [0.717, 1.165) is 37.7 Å². The van der Waals surface area contributed by atoms with Crippen molar-refractivity contribution in [2.75, 3.05) is 13.2 Å². The number of hydrogen-bond acceptors (Lipinski definition) is 5. The van der Waals surface area contributed by atoms with Crippen molar-refractivity contribution in [1.29, 1.82) is 0 Å². The molecule has 4 rings (SSSR count). The molecule has 2 aromatic carbocycles. The molecular weight excluding hydrogens is 539 g/mol. The smallest absolute Gasteiger partial charge is 0.247 e. The van der Waals surface area contributed by atoms with E-state index < -0.39 is 24.2 Å². The molecule has 0 spiro atoms. The molecule has 4 unspecified atom stereocenters. The van der Waals surface area contributed by atoms with Crippen molar-refractivity contribution in [1.82, 2.24) is 10.2 Å². The van der Waals surface area contributed by atoms with Gasteiger partial charge in [0.15, 0.2) is 0 Å². The highest BCUT2D eigenvalue weighted by molar-refractivity contribution is 6.35. The quantitative estimate of drug-likeness (QED) is 0.310. The number of amides is 2. The molecule has 3 N–H and O–H groups in total. The standard InChI is InChI=1S/C30H36Cl2N2O5/c1-2-3-4-5-6-11-26(36)34(18-19-12-13-20(31)16-23(19)32)24-17-22(30(38)33-14-15-35)27-21-9-7-8-10-25(21)39-29(27)28(24)37/h7-10,12-13,16-17,24,27-29,35,37H,2-6,11,14-15,18H2,1H3,(H,33,38). The minimum Gasteiger partial charge on any atom is -0.486 e. The van der Waals surface area contributed by atoms with Gasteiger partial charge in [-0.3, -0.25) is 9.59 Å². The minimum atomic E-state index is -1.09. The van der Waals surface area contributed by atoms with Crippen LogP contribution in [0.1, 0.15) is 62.5 Å². The Morgan fingerprint density at radius 2 is 1.85 bits per heavy atom. The van der Waals surface area contributed by atoms with Gasteiger partial charge in [0.2, 0.25) is 11.8 Å². The number of carbonyl (C=O) groups excluding carboxylic acids is 2. The summed E-state index contributed by atoms with van der Waals surface area (Å²) < 4.78 is 6.18. The summed E-state index contributed by atoms with van der Waals surface area (Å²) in [7, 11) is 0. The Balaban J connectivity index is 1.70. The van der Waals surface area contributed by atoms with E-state index in [2.05, 4.69) is 12.2 Å². The summed E-state index contributed by atoms with van der Waals surface area (Å²) in [6.45, 7) is 2.16. The van der Waals surface area contributed by atoms with Crippen molar-refractivity contribution in [3.05, 3.63) is 75.3 Å². The van der Waals surface area contributed by atoms with Crippen LogP contribution in [-0.4, -0.2) is 58.3 Å². The number of unbranched alkanes of at least 4 members (excludes halogenated alkanes) is 4. The number of fused-ring (bicyclic) bond motifs is 3. The van der Waals surface area contributed by atoms with Crippen molar-refractivity contribution in [2.45, 2.75) is 76.2 Å². The predicted octanol–water partition coefficient (Wildman–Crippen LogP) is 5.01. The third kappa shape index (κ3) is 6.77. The van der Waals surface area contributed by atoms with Crippen LogP contribution in [0.2, 0.25) is 10.0 Å². The molecule has 2 aromatic rings. The molecule has 4 atom stereocenters. The normalized spacial score (nSPS) is 21.4. The van der Waals surface area contributed by atoms with E-state index in [9.17, 15) is 19.8 Å². The van der Waals surface area contributed by atoms with Crippen LogP contribution >= 0.6 is 23.2 Å². The fraction of sp³-hybridized carbons (Fsp3) is 0.467. The summed E-state index contributed by atoms with van der Waals surface area (Å²) in [4.78, 5) is 28.6. The summed E-state index contributed by atoms with van der Waals surface area (Å²) >= 11 is 12.6. The minimum absolute atomic E-state index is 0.0874. The average Bonchev–Trinajstić information content (AvgIpc) is 3.32. The van der Waals surface area contributed by atoms with E-state index in [1.54, 1.807) is 29.2 Å². The maximum absolute atomic E-state index is 13.7. The first kappa shape index (κ1) is 29.4. The van der Waals surface area contributed by atoms with Crippen LogP contribution in [0.5, 0.6) is 5.75 Å². The molecule has 7 nitrogen and oxygen atoms in total. The van der Waals surface area contributed by atoms with Crippen LogP contribution in [-0.2, 0) is 16.1 Å². The van der Waals surface area contributed by atoms with Gasteiger partial charge in [0, 0.05) is 40.7 Å². The lowest BCUT2D eigenvalue weighted by Crippen LogP contribution is -2.55. The van der Waals surface area contributed by atoms with Crippen LogP contribution in [0.25, 0.3) is 0 Å². The van der Waals surface area contributed by atoms with Gasteiger partial charge in [-0.05, 0) is 36.3 Å². The zero-order valence-corrected chi connectivity index (χ0v) is 23.6. The number of benzene rings is 2. The molecule has 0 radical (unpaired) electrons. The first-order valence-electron chi connectivity index (χ1n) is 13.6. The van der Waals surface area contributed by atoms with E-state index in [1.807, 2.05) is 24.3 Å². The number of nitrogens with zero attached hydrogens (tertiary/aromatic N) is 1. The molecule has 0 saturated heterocycles. The second-order valence-electron chi connectivity index (χ2n) is 10.1. The molecule has 2 aliphatic rings. The van der Waals surface area contributed by atoms with Gasteiger partial charge in [-0.15, -0.1) is 0 Å².